The van der Waals surface area contributed by atoms with Crippen LogP contribution < -0.4 is 0 Å². The van der Waals surface area contributed by atoms with Gasteiger partial charge in [0.15, 0.2) is 0 Å². The highest BCUT2D eigenvalue weighted by atomic mass is 32.1. The lowest BCUT2D eigenvalue weighted by atomic mass is 10.3. The monoisotopic (exact) mass is 338 g/mol. The van der Waals surface area contributed by atoms with Crippen LogP contribution in [-0.2, 0) is 22.6 Å². The molecule has 7 heteroatoms. The van der Waals surface area contributed by atoms with Crippen molar-refractivity contribution < 1.29 is 14.3 Å². The molecule has 0 aromatic carbocycles. The van der Waals surface area contributed by atoms with Crippen molar-refractivity contribution in [3.8, 4) is 0 Å². The lowest BCUT2D eigenvalue weighted by molar-refractivity contribution is -0.141. The van der Waals surface area contributed by atoms with Gasteiger partial charge in [-0.15, -0.1) is 22.7 Å². The number of hydrogen-bond acceptors (Lipinski definition) is 5. The highest BCUT2D eigenvalue weighted by molar-refractivity contribution is 7.10. The summed E-state index contributed by atoms with van der Waals surface area (Å²) in [6.07, 6.45) is 0. The molecule has 0 unspecified atom stereocenters. The van der Waals surface area contributed by atoms with E-state index in [-0.39, 0.29) is 12.6 Å². The molecule has 0 saturated carbocycles. The topological polar surface area (TPSA) is 49.9 Å². The molecule has 2 amide bonds. The molecule has 22 heavy (non-hydrogen) atoms. The minimum Gasteiger partial charge on any atom is -0.468 e. The van der Waals surface area contributed by atoms with E-state index in [2.05, 4.69) is 4.74 Å². The first-order valence-electron chi connectivity index (χ1n) is 6.71. The average molecular weight is 338 g/mol. The molecular formula is C15H18N2O3S2. The third kappa shape index (κ3) is 4.57. The highest BCUT2D eigenvalue weighted by Crippen LogP contribution is 2.18. The van der Waals surface area contributed by atoms with E-state index in [0.29, 0.717) is 13.1 Å². The zero-order valence-corrected chi connectivity index (χ0v) is 14.2. The van der Waals surface area contributed by atoms with Crippen LogP contribution in [0.25, 0.3) is 0 Å². The molecule has 2 rings (SSSR count). The Morgan fingerprint density at radius 1 is 1.09 bits per heavy atom. The van der Waals surface area contributed by atoms with E-state index < -0.39 is 5.97 Å². The number of rotatable bonds is 6. The zero-order valence-electron chi connectivity index (χ0n) is 12.5. The molecule has 0 saturated heterocycles. The standard InChI is InChI=1S/C15H18N2O3S2/c1-16(11-14(18)20-2)15(19)17(9-12-5-3-7-21-12)10-13-6-4-8-22-13/h3-8H,9-11H2,1-2H3. The number of carbonyl (C=O) groups excluding carboxylic acids is 2. The number of nitrogens with zero attached hydrogens (tertiary/aromatic N) is 2. The lowest BCUT2D eigenvalue weighted by Gasteiger charge is -2.27. The number of amides is 2. The second-order valence-electron chi connectivity index (χ2n) is 4.73. The van der Waals surface area contributed by atoms with Gasteiger partial charge in [0.2, 0.25) is 0 Å². The molecule has 0 N–H and O–H groups in total. The molecular weight excluding hydrogens is 320 g/mol. The van der Waals surface area contributed by atoms with Gasteiger partial charge in [-0.1, -0.05) is 12.1 Å². The molecule has 2 heterocycles. The van der Waals surface area contributed by atoms with E-state index >= 15 is 0 Å². The van der Waals surface area contributed by atoms with Crippen LogP contribution in [0.3, 0.4) is 0 Å². The molecule has 0 fully saturated rings. The number of likely N-dealkylation sites (N-methyl/N-ethyl adjacent to an activating group) is 1. The van der Waals surface area contributed by atoms with Crippen molar-refractivity contribution in [1.82, 2.24) is 9.80 Å². The Hall–Kier alpha value is -1.86. The van der Waals surface area contributed by atoms with Gasteiger partial charge in [-0.2, -0.15) is 0 Å². The summed E-state index contributed by atoms with van der Waals surface area (Å²) in [5.74, 6) is -0.428. The predicted molar refractivity (Wildman–Crippen MR) is 87.9 cm³/mol. The Balaban J connectivity index is 2.08. The van der Waals surface area contributed by atoms with Crippen LogP contribution in [0, 0.1) is 0 Å². The summed E-state index contributed by atoms with van der Waals surface area (Å²) in [7, 11) is 2.92. The quantitative estimate of drug-likeness (QED) is 0.761. The van der Waals surface area contributed by atoms with Gasteiger partial charge >= 0.3 is 12.0 Å². The van der Waals surface area contributed by atoms with Crippen LogP contribution in [-0.4, -0.2) is 42.5 Å². The number of esters is 1. The third-order valence-electron chi connectivity index (χ3n) is 3.04. The van der Waals surface area contributed by atoms with Crippen molar-refractivity contribution in [3.05, 3.63) is 44.8 Å². The van der Waals surface area contributed by atoms with Crippen molar-refractivity contribution in [3.63, 3.8) is 0 Å². The summed E-state index contributed by atoms with van der Waals surface area (Å²) >= 11 is 3.22. The van der Waals surface area contributed by atoms with E-state index in [1.165, 1.54) is 12.0 Å². The van der Waals surface area contributed by atoms with Gasteiger partial charge in [-0.3, -0.25) is 4.79 Å². The van der Waals surface area contributed by atoms with E-state index in [0.717, 1.165) is 9.75 Å². The molecule has 0 bridgehead atoms. The predicted octanol–water partition coefficient (Wildman–Crippen LogP) is 3.04. The van der Waals surface area contributed by atoms with Crippen molar-refractivity contribution in [2.75, 3.05) is 20.7 Å². The van der Waals surface area contributed by atoms with Crippen molar-refractivity contribution in [1.29, 1.82) is 0 Å². The van der Waals surface area contributed by atoms with E-state index in [4.69, 9.17) is 0 Å². The van der Waals surface area contributed by atoms with Gasteiger partial charge in [0, 0.05) is 16.8 Å². The average Bonchev–Trinajstić information content (AvgIpc) is 3.19. The zero-order chi connectivity index (χ0) is 15.9. The van der Waals surface area contributed by atoms with Crippen molar-refractivity contribution in [2.24, 2.45) is 0 Å². The van der Waals surface area contributed by atoms with Gasteiger partial charge in [0.05, 0.1) is 20.2 Å². The largest absolute Gasteiger partial charge is 0.468 e. The Kier molecular flexibility index (Phi) is 5.97. The highest BCUT2D eigenvalue weighted by Gasteiger charge is 2.21. The van der Waals surface area contributed by atoms with Crippen LogP contribution in [0.2, 0.25) is 0 Å². The maximum atomic E-state index is 12.6. The summed E-state index contributed by atoms with van der Waals surface area (Å²) in [5, 5.41) is 3.97. The Morgan fingerprint density at radius 3 is 2.05 bits per heavy atom. The smallest absolute Gasteiger partial charge is 0.325 e. The molecule has 0 aliphatic rings. The number of urea groups is 1. The molecule has 0 spiro atoms. The fourth-order valence-electron chi connectivity index (χ4n) is 1.94. The van der Waals surface area contributed by atoms with Gasteiger partial charge in [0.25, 0.3) is 0 Å². The Bertz CT molecular complexity index is 560. The van der Waals surface area contributed by atoms with Gasteiger partial charge < -0.3 is 14.5 Å². The van der Waals surface area contributed by atoms with Crippen LogP contribution in [0.5, 0.6) is 0 Å². The van der Waals surface area contributed by atoms with E-state index in [1.807, 2.05) is 35.0 Å². The first-order chi connectivity index (χ1) is 10.6. The number of carbonyl (C=O) groups is 2. The molecule has 5 nitrogen and oxygen atoms in total. The van der Waals surface area contributed by atoms with E-state index in [9.17, 15) is 9.59 Å². The summed E-state index contributed by atoms with van der Waals surface area (Å²) in [6, 6.07) is 7.74. The van der Waals surface area contributed by atoms with Crippen LogP contribution >= 0.6 is 22.7 Å². The van der Waals surface area contributed by atoms with Crippen LogP contribution in [0.4, 0.5) is 4.79 Å². The molecule has 2 aromatic rings. The second-order valence-corrected chi connectivity index (χ2v) is 6.79. The van der Waals surface area contributed by atoms with E-state index in [1.54, 1.807) is 34.6 Å². The minimum absolute atomic E-state index is 0.0548. The first kappa shape index (κ1) is 16.5. The maximum absolute atomic E-state index is 12.6. The van der Waals surface area contributed by atoms with Gasteiger partial charge in [-0.05, 0) is 22.9 Å². The summed E-state index contributed by atoms with van der Waals surface area (Å²) < 4.78 is 4.62. The molecule has 0 aliphatic heterocycles. The summed E-state index contributed by atoms with van der Waals surface area (Å²) in [5.41, 5.74) is 0. The van der Waals surface area contributed by atoms with Crippen molar-refractivity contribution in [2.45, 2.75) is 13.1 Å². The van der Waals surface area contributed by atoms with Crippen LogP contribution in [0.15, 0.2) is 35.0 Å². The third-order valence-corrected chi connectivity index (χ3v) is 4.77. The fraction of sp³-hybridized carbons (Fsp3) is 0.333. The van der Waals surface area contributed by atoms with Crippen LogP contribution in [0.1, 0.15) is 9.75 Å². The first-order valence-corrected chi connectivity index (χ1v) is 8.47. The SMILES string of the molecule is COC(=O)CN(C)C(=O)N(Cc1cccs1)Cc1cccs1. The number of hydrogen-bond donors (Lipinski definition) is 0. The fourth-order valence-corrected chi connectivity index (χ4v) is 3.38. The number of thiophene rings is 2. The summed E-state index contributed by atoms with van der Waals surface area (Å²) in [4.78, 5) is 29.3. The molecule has 2 aromatic heterocycles. The van der Waals surface area contributed by atoms with Gasteiger partial charge in [0.1, 0.15) is 6.54 Å². The lowest BCUT2D eigenvalue weighted by Crippen LogP contribution is -2.42. The Labute approximate surface area is 137 Å². The molecule has 0 atom stereocenters. The summed E-state index contributed by atoms with van der Waals surface area (Å²) in [6.45, 7) is 1.00. The molecule has 118 valence electrons. The minimum atomic E-state index is -0.428. The number of ether oxygens (including phenoxy) is 1. The maximum Gasteiger partial charge on any atom is 0.325 e. The molecule has 0 aliphatic carbocycles. The number of methoxy groups -OCH3 is 1. The van der Waals surface area contributed by atoms with Crippen molar-refractivity contribution >= 4 is 34.7 Å². The second kappa shape index (κ2) is 7.95. The normalized spacial score (nSPS) is 10.3. The van der Waals surface area contributed by atoms with Gasteiger partial charge in [-0.25, -0.2) is 4.79 Å². The molecule has 0 radical (unpaired) electrons. The Morgan fingerprint density at radius 2 is 1.64 bits per heavy atom.